The highest BCUT2D eigenvalue weighted by Crippen LogP contribution is 2.32. The van der Waals surface area contributed by atoms with Crippen LogP contribution in [0.1, 0.15) is 78.1 Å². The van der Waals surface area contributed by atoms with E-state index in [1.807, 2.05) is 0 Å². The maximum absolute atomic E-state index is 14.3. The van der Waals surface area contributed by atoms with Crippen LogP contribution in [0.5, 0.6) is 11.5 Å². The first-order chi connectivity index (χ1) is 15.2. The lowest BCUT2D eigenvalue weighted by molar-refractivity contribution is 0.177. The van der Waals surface area contributed by atoms with Crippen molar-refractivity contribution in [1.29, 1.82) is 0 Å². The quantitative estimate of drug-likeness (QED) is 0.335. The number of halogens is 1. The van der Waals surface area contributed by atoms with Gasteiger partial charge in [-0.2, -0.15) is 0 Å². The van der Waals surface area contributed by atoms with Crippen LogP contribution in [0.2, 0.25) is 0 Å². The zero-order chi connectivity index (χ0) is 21.9. The van der Waals surface area contributed by atoms with Crippen LogP contribution in [0.25, 0.3) is 11.4 Å². The molecular formula is C26H37FN2O2. The Hall–Kier alpha value is -2.17. The molecule has 170 valence electrons. The minimum Gasteiger partial charge on any atom is -0.491 e. The fourth-order valence-electron chi connectivity index (χ4n) is 4.21. The van der Waals surface area contributed by atoms with Gasteiger partial charge in [-0.15, -0.1) is 0 Å². The Bertz CT molecular complexity index is 773. The van der Waals surface area contributed by atoms with E-state index in [9.17, 15) is 4.39 Å². The third-order valence-electron chi connectivity index (χ3n) is 6.24. The summed E-state index contributed by atoms with van der Waals surface area (Å²) in [6.45, 7) is 5.59. The maximum atomic E-state index is 14.3. The van der Waals surface area contributed by atoms with Gasteiger partial charge in [0.05, 0.1) is 25.6 Å². The van der Waals surface area contributed by atoms with Gasteiger partial charge < -0.3 is 9.47 Å². The molecule has 0 amide bonds. The SMILES string of the molecule is CCCCCC1CCC(COc2cnc(-c3ccc(OCCCC)c(F)c3)nc2)CC1. The molecule has 31 heavy (non-hydrogen) atoms. The molecule has 1 heterocycles. The van der Waals surface area contributed by atoms with Gasteiger partial charge in [-0.3, -0.25) is 0 Å². The van der Waals surface area contributed by atoms with E-state index in [-0.39, 0.29) is 11.6 Å². The number of benzene rings is 1. The van der Waals surface area contributed by atoms with Gasteiger partial charge in [-0.25, -0.2) is 14.4 Å². The average molecular weight is 429 g/mol. The molecule has 0 bridgehead atoms. The normalized spacial score (nSPS) is 18.7. The Kier molecular flexibility index (Phi) is 9.57. The summed E-state index contributed by atoms with van der Waals surface area (Å²) in [5.74, 6) is 2.58. The summed E-state index contributed by atoms with van der Waals surface area (Å²) < 4.78 is 25.7. The first kappa shape index (κ1) is 23.5. The van der Waals surface area contributed by atoms with Crippen molar-refractivity contribution in [2.45, 2.75) is 78.1 Å². The smallest absolute Gasteiger partial charge is 0.165 e. The number of ether oxygens (including phenoxy) is 2. The van der Waals surface area contributed by atoms with Crippen molar-refractivity contribution in [3.8, 4) is 22.9 Å². The molecule has 0 N–H and O–H groups in total. The highest BCUT2D eigenvalue weighted by Gasteiger charge is 2.21. The summed E-state index contributed by atoms with van der Waals surface area (Å²) in [5.41, 5.74) is 0.633. The van der Waals surface area contributed by atoms with E-state index in [0.717, 1.165) is 25.4 Å². The Balaban J connectivity index is 1.45. The van der Waals surface area contributed by atoms with E-state index in [4.69, 9.17) is 9.47 Å². The Morgan fingerprint density at radius 3 is 2.29 bits per heavy atom. The molecule has 0 spiro atoms. The van der Waals surface area contributed by atoms with Crippen LogP contribution in [0, 0.1) is 17.7 Å². The number of rotatable bonds is 12. The van der Waals surface area contributed by atoms with Crippen LogP contribution >= 0.6 is 0 Å². The Morgan fingerprint density at radius 1 is 0.903 bits per heavy atom. The molecule has 0 aliphatic heterocycles. The largest absolute Gasteiger partial charge is 0.491 e. The van der Waals surface area contributed by atoms with Crippen molar-refractivity contribution in [3.05, 3.63) is 36.4 Å². The molecule has 1 saturated carbocycles. The molecule has 2 aromatic rings. The lowest BCUT2D eigenvalue weighted by Gasteiger charge is -2.28. The van der Waals surface area contributed by atoms with Crippen LogP contribution < -0.4 is 9.47 Å². The molecule has 1 aliphatic rings. The van der Waals surface area contributed by atoms with Crippen LogP contribution in [0.15, 0.2) is 30.6 Å². The first-order valence-electron chi connectivity index (χ1n) is 12.1. The molecular weight excluding hydrogens is 391 g/mol. The van der Waals surface area contributed by atoms with Gasteiger partial charge in [0, 0.05) is 5.56 Å². The van der Waals surface area contributed by atoms with Gasteiger partial charge >= 0.3 is 0 Å². The standard InChI is InChI=1S/C26H37FN2O2/c1-3-5-7-8-20-9-11-21(12-10-20)19-31-23-17-28-26(29-18-23)22-13-14-25(24(27)16-22)30-15-6-4-2/h13-14,16-18,20-21H,3-12,15,19H2,1-2H3. The van der Waals surface area contributed by atoms with E-state index in [1.54, 1.807) is 24.5 Å². The molecule has 3 rings (SSSR count). The number of nitrogens with zero attached hydrogens (tertiary/aromatic N) is 2. The van der Waals surface area contributed by atoms with Crippen LogP contribution in [0.3, 0.4) is 0 Å². The third-order valence-corrected chi connectivity index (χ3v) is 6.24. The van der Waals surface area contributed by atoms with Crippen LogP contribution in [0.4, 0.5) is 4.39 Å². The van der Waals surface area contributed by atoms with Gasteiger partial charge in [0.1, 0.15) is 0 Å². The van der Waals surface area contributed by atoms with Crippen molar-refractivity contribution >= 4 is 0 Å². The topological polar surface area (TPSA) is 44.2 Å². The second-order valence-electron chi connectivity index (χ2n) is 8.78. The summed E-state index contributed by atoms with van der Waals surface area (Å²) >= 11 is 0. The summed E-state index contributed by atoms with van der Waals surface area (Å²) in [4.78, 5) is 8.74. The second-order valence-corrected chi connectivity index (χ2v) is 8.78. The fraction of sp³-hybridized carbons (Fsp3) is 0.615. The molecule has 4 nitrogen and oxygen atoms in total. The maximum Gasteiger partial charge on any atom is 0.165 e. The highest BCUT2D eigenvalue weighted by molar-refractivity contribution is 5.56. The summed E-state index contributed by atoms with van der Waals surface area (Å²) in [7, 11) is 0. The minimum atomic E-state index is -0.386. The van der Waals surface area contributed by atoms with Crippen molar-refractivity contribution in [2.24, 2.45) is 11.8 Å². The second kappa shape index (κ2) is 12.6. The lowest BCUT2D eigenvalue weighted by atomic mass is 9.80. The molecule has 1 aromatic carbocycles. The van der Waals surface area contributed by atoms with Crippen molar-refractivity contribution in [2.75, 3.05) is 13.2 Å². The molecule has 1 fully saturated rings. The number of hydrogen-bond acceptors (Lipinski definition) is 4. The summed E-state index contributed by atoms with van der Waals surface area (Å²) in [6.07, 6.45) is 15.9. The molecule has 1 aromatic heterocycles. The highest BCUT2D eigenvalue weighted by atomic mass is 19.1. The zero-order valence-electron chi connectivity index (χ0n) is 19.1. The summed E-state index contributed by atoms with van der Waals surface area (Å²) in [5, 5.41) is 0. The Morgan fingerprint density at radius 2 is 1.61 bits per heavy atom. The van der Waals surface area contributed by atoms with Crippen molar-refractivity contribution in [3.63, 3.8) is 0 Å². The number of unbranched alkanes of at least 4 members (excludes halogenated alkanes) is 3. The average Bonchev–Trinajstić information content (AvgIpc) is 2.80. The molecule has 5 heteroatoms. The van der Waals surface area contributed by atoms with Gasteiger partial charge in [-0.1, -0.05) is 58.8 Å². The number of aromatic nitrogens is 2. The molecule has 0 atom stereocenters. The predicted molar refractivity (Wildman–Crippen MR) is 123 cm³/mol. The van der Waals surface area contributed by atoms with E-state index >= 15 is 0 Å². The first-order valence-corrected chi connectivity index (χ1v) is 12.1. The molecule has 0 radical (unpaired) electrons. The van der Waals surface area contributed by atoms with Gasteiger partial charge in [0.15, 0.2) is 23.1 Å². The van der Waals surface area contributed by atoms with Crippen LogP contribution in [-0.4, -0.2) is 23.2 Å². The van der Waals surface area contributed by atoms with E-state index < -0.39 is 0 Å². The summed E-state index contributed by atoms with van der Waals surface area (Å²) in [6, 6.07) is 4.86. The van der Waals surface area contributed by atoms with Gasteiger partial charge in [-0.05, 0) is 49.3 Å². The van der Waals surface area contributed by atoms with E-state index in [0.29, 0.717) is 29.7 Å². The molecule has 1 aliphatic carbocycles. The zero-order valence-corrected chi connectivity index (χ0v) is 19.1. The Labute approximate surface area is 186 Å². The minimum absolute atomic E-state index is 0.275. The fourth-order valence-corrected chi connectivity index (χ4v) is 4.21. The van der Waals surface area contributed by atoms with Gasteiger partial charge in [0.2, 0.25) is 0 Å². The van der Waals surface area contributed by atoms with Gasteiger partial charge in [0.25, 0.3) is 0 Å². The van der Waals surface area contributed by atoms with E-state index in [2.05, 4.69) is 23.8 Å². The van der Waals surface area contributed by atoms with Crippen molar-refractivity contribution in [1.82, 2.24) is 9.97 Å². The molecule has 0 unspecified atom stereocenters. The molecule has 0 saturated heterocycles. The number of hydrogen-bond donors (Lipinski definition) is 0. The predicted octanol–water partition coefficient (Wildman–Crippen LogP) is 7.23. The van der Waals surface area contributed by atoms with Crippen molar-refractivity contribution < 1.29 is 13.9 Å². The van der Waals surface area contributed by atoms with E-state index in [1.165, 1.54) is 57.4 Å². The third kappa shape index (κ3) is 7.48. The monoisotopic (exact) mass is 428 g/mol. The lowest BCUT2D eigenvalue weighted by Crippen LogP contribution is -2.20. The van der Waals surface area contributed by atoms with Crippen LogP contribution in [-0.2, 0) is 0 Å².